The minimum Gasteiger partial charge on any atom is -0.335 e. The lowest BCUT2D eigenvalue weighted by molar-refractivity contribution is -1.01. The van der Waals surface area contributed by atoms with Gasteiger partial charge in [-0.1, -0.05) is 18.5 Å². The van der Waals surface area contributed by atoms with Crippen molar-refractivity contribution in [2.45, 2.75) is 32.9 Å². The second-order valence-corrected chi connectivity index (χ2v) is 8.19. The summed E-state index contributed by atoms with van der Waals surface area (Å²) in [6.45, 7) is 9.18. The van der Waals surface area contributed by atoms with E-state index >= 15 is 0 Å². The van der Waals surface area contributed by atoms with E-state index < -0.39 is 6.03 Å². The predicted molar refractivity (Wildman–Crippen MR) is 95.7 cm³/mol. The number of nitrogens with one attached hydrogen (secondary N) is 4. The molecule has 1 aliphatic rings. The number of thiophene rings is 1. The van der Waals surface area contributed by atoms with Crippen molar-refractivity contribution < 1.29 is 19.4 Å². The lowest BCUT2D eigenvalue weighted by atomic mass is 10.3. The molecule has 24 heavy (non-hydrogen) atoms. The maximum Gasteiger partial charge on any atom is 0.321 e. The molecule has 3 amide bonds. The fraction of sp³-hybridized carbons (Fsp3) is 0.625. The molecule has 2 rings (SSSR count). The molecule has 0 saturated carbocycles. The third-order valence-electron chi connectivity index (χ3n) is 4.37. The average molecular weight is 375 g/mol. The van der Waals surface area contributed by atoms with Gasteiger partial charge in [0.1, 0.15) is 32.7 Å². The summed E-state index contributed by atoms with van der Waals surface area (Å²) in [5.41, 5.74) is 0. The van der Waals surface area contributed by atoms with Crippen LogP contribution in [0.15, 0.2) is 12.1 Å². The largest absolute Gasteiger partial charge is 0.335 e. The van der Waals surface area contributed by atoms with Crippen molar-refractivity contribution in [3.05, 3.63) is 21.3 Å². The number of quaternary nitrogens is 2. The maximum absolute atomic E-state index is 12.0. The minimum atomic E-state index is -0.396. The van der Waals surface area contributed by atoms with Crippen LogP contribution in [0, 0.1) is 0 Å². The lowest BCUT2D eigenvalue weighted by Gasteiger charge is -2.29. The molecular weight excluding hydrogens is 348 g/mol. The molecular formula is C16H27ClN4O2S+2. The highest BCUT2D eigenvalue weighted by Gasteiger charge is 2.25. The van der Waals surface area contributed by atoms with Crippen LogP contribution in [0.2, 0.25) is 4.34 Å². The molecule has 1 fully saturated rings. The van der Waals surface area contributed by atoms with Crippen LogP contribution in [-0.2, 0) is 11.3 Å². The molecule has 6 nitrogen and oxygen atoms in total. The Morgan fingerprint density at radius 1 is 1.25 bits per heavy atom. The summed E-state index contributed by atoms with van der Waals surface area (Å²) in [5, 5.41) is 5.16. The second-order valence-electron chi connectivity index (χ2n) is 6.39. The Bertz CT molecular complexity index is 558. The highest BCUT2D eigenvalue weighted by molar-refractivity contribution is 7.16. The van der Waals surface area contributed by atoms with Crippen LogP contribution in [0.25, 0.3) is 0 Å². The van der Waals surface area contributed by atoms with Crippen molar-refractivity contribution in [1.29, 1.82) is 0 Å². The zero-order valence-corrected chi connectivity index (χ0v) is 15.9. The molecule has 0 bridgehead atoms. The molecule has 2 heterocycles. The molecule has 1 aliphatic heterocycles. The van der Waals surface area contributed by atoms with Crippen LogP contribution >= 0.6 is 22.9 Å². The summed E-state index contributed by atoms with van der Waals surface area (Å²) < 4.78 is 0.834. The van der Waals surface area contributed by atoms with E-state index in [0.29, 0.717) is 6.54 Å². The Balaban J connectivity index is 1.67. The van der Waals surface area contributed by atoms with Gasteiger partial charge in [0.15, 0.2) is 6.54 Å². The normalized spacial score (nSPS) is 22.0. The zero-order valence-electron chi connectivity index (χ0n) is 14.3. The average Bonchev–Trinajstić information content (AvgIpc) is 2.94. The van der Waals surface area contributed by atoms with Gasteiger partial charge in [0.2, 0.25) is 0 Å². The van der Waals surface area contributed by atoms with Crippen molar-refractivity contribution in [3.63, 3.8) is 0 Å². The van der Waals surface area contributed by atoms with Crippen molar-refractivity contribution in [1.82, 2.24) is 10.6 Å². The number of amides is 3. The number of hydrogen-bond donors (Lipinski definition) is 4. The molecule has 0 unspecified atom stereocenters. The van der Waals surface area contributed by atoms with Crippen LogP contribution in [0.1, 0.15) is 25.1 Å². The van der Waals surface area contributed by atoms with E-state index in [1.807, 2.05) is 19.9 Å². The molecule has 134 valence electrons. The fourth-order valence-corrected chi connectivity index (χ4v) is 3.92. The molecule has 0 aromatic carbocycles. The number of carbonyl (C=O) groups is 2. The SMILES string of the molecule is CC[C@@H](C)NC(=O)NC(=O)C[NH+]1CC[NH+](Cc2ccc(Cl)s2)CC1. The number of imide groups is 1. The van der Waals surface area contributed by atoms with Crippen molar-refractivity contribution in [2.75, 3.05) is 32.7 Å². The fourth-order valence-electron chi connectivity index (χ4n) is 2.76. The quantitative estimate of drug-likeness (QED) is 0.532. The Hall–Kier alpha value is -1.15. The van der Waals surface area contributed by atoms with Gasteiger partial charge >= 0.3 is 6.03 Å². The van der Waals surface area contributed by atoms with E-state index in [9.17, 15) is 9.59 Å². The van der Waals surface area contributed by atoms with E-state index in [1.165, 1.54) is 14.7 Å². The van der Waals surface area contributed by atoms with Gasteiger partial charge in [-0.25, -0.2) is 4.79 Å². The van der Waals surface area contributed by atoms with Crippen molar-refractivity contribution in [3.8, 4) is 0 Å². The molecule has 0 spiro atoms. The van der Waals surface area contributed by atoms with Crippen LogP contribution in [0.3, 0.4) is 0 Å². The summed E-state index contributed by atoms with van der Waals surface area (Å²) in [6.07, 6.45) is 0.840. The van der Waals surface area contributed by atoms with E-state index in [4.69, 9.17) is 11.6 Å². The monoisotopic (exact) mass is 374 g/mol. The zero-order chi connectivity index (χ0) is 17.5. The molecule has 0 aliphatic carbocycles. The molecule has 1 saturated heterocycles. The number of carbonyl (C=O) groups excluding carboxylic acids is 2. The minimum absolute atomic E-state index is 0.0723. The number of piperazine rings is 1. The molecule has 0 radical (unpaired) electrons. The highest BCUT2D eigenvalue weighted by atomic mass is 35.5. The molecule has 1 atom stereocenters. The van der Waals surface area contributed by atoms with Crippen LogP contribution in [-0.4, -0.2) is 50.7 Å². The van der Waals surface area contributed by atoms with Gasteiger partial charge in [0, 0.05) is 6.04 Å². The molecule has 1 aromatic heterocycles. The summed E-state index contributed by atoms with van der Waals surface area (Å²) >= 11 is 7.60. The first-order valence-corrected chi connectivity index (χ1v) is 9.67. The maximum atomic E-state index is 12.0. The van der Waals surface area contributed by atoms with Gasteiger partial charge in [0.25, 0.3) is 5.91 Å². The summed E-state index contributed by atoms with van der Waals surface area (Å²) in [6, 6.07) is 3.70. The van der Waals surface area contributed by atoms with Crippen molar-refractivity contribution in [2.24, 2.45) is 0 Å². The number of hydrogen-bond acceptors (Lipinski definition) is 3. The van der Waals surface area contributed by atoms with E-state index in [0.717, 1.165) is 43.5 Å². The first-order valence-electron chi connectivity index (χ1n) is 8.48. The van der Waals surface area contributed by atoms with Crippen LogP contribution < -0.4 is 20.4 Å². The number of halogens is 1. The van der Waals surface area contributed by atoms with Gasteiger partial charge in [-0.05, 0) is 25.5 Å². The van der Waals surface area contributed by atoms with Gasteiger partial charge in [-0.3, -0.25) is 10.1 Å². The Morgan fingerprint density at radius 3 is 2.50 bits per heavy atom. The van der Waals surface area contributed by atoms with Crippen molar-refractivity contribution >= 4 is 34.9 Å². The van der Waals surface area contributed by atoms with Gasteiger partial charge < -0.3 is 15.1 Å². The van der Waals surface area contributed by atoms with E-state index in [-0.39, 0.29) is 11.9 Å². The van der Waals surface area contributed by atoms with Crippen LogP contribution in [0.5, 0.6) is 0 Å². The summed E-state index contributed by atoms with van der Waals surface area (Å²) in [4.78, 5) is 27.7. The highest BCUT2D eigenvalue weighted by Crippen LogP contribution is 2.20. The number of urea groups is 1. The lowest BCUT2D eigenvalue weighted by Crippen LogP contribution is -3.28. The second kappa shape index (κ2) is 9.36. The van der Waals surface area contributed by atoms with Gasteiger partial charge in [-0.2, -0.15) is 0 Å². The van der Waals surface area contributed by atoms with E-state index in [1.54, 1.807) is 11.3 Å². The first kappa shape index (κ1) is 19.2. The smallest absolute Gasteiger partial charge is 0.321 e. The Labute approximate surface area is 152 Å². The Kier molecular flexibility index (Phi) is 7.48. The topological polar surface area (TPSA) is 67.1 Å². The number of rotatable bonds is 6. The Morgan fingerprint density at radius 2 is 1.92 bits per heavy atom. The van der Waals surface area contributed by atoms with Gasteiger partial charge in [-0.15, -0.1) is 11.3 Å². The molecule has 1 aromatic rings. The summed E-state index contributed by atoms with van der Waals surface area (Å²) in [5.74, 6) is -0.209. The molecule has 8 heteroatoms. The van der Waals surface area contributed by atoms with E-state index in [2.05, 4.69) is 16.7 Å². The predicted octanol–water partition coefficient (Wildman–Crippen LogP) is -0.691. The van der Waals surface area contributed by atoms with Gasteiger partial charge in [0.05, 0.1) is 9.21 Å². The molecule has 4 N–H and O–H groups in total. The third kappa shape index (κ3) is 6.39. The summed E-state index contributed by atoms with van der Waals surface area (Å²) in [7, 11) is 0. The van der Waals surface area contributed by atoms with Crippen LogP contribution in [0.4, 0.5) is 4.79 Å². The first-order chi connectivity index (χ1) is 11.5. The standard InChI is InChI=1S/C16H25ClN4O2S/c1-3-12(2)18-16(23)19-15(22)11-21-8-6-20(7-9-21)10-13-4-5-14(17)24-13/h4-5,12H,3,6-11H2,1-2H3,(H2,18,19,22,23)/p+2/t12-/m1/s1. The third-order valence-corrected chi connectivity index (χ3v) is 5.60.